The van der Waals surface area contributed by atoms with Crippen molar-refractivity contribution in [2.45, 2.75) is 32.5 Å². The summed E-state index contributed by atoms with van der Waals surface area (Å²) < 4.78 is 20.1. The molecule has 230 valence electrons. The highest BCUT2D eigenvalue weighted by atomic mass is 16.5. The molecule has 1 N–H and O–H groups in total. The monoisotopic (exact) mass is 611 g/mol. The Hall–Kier alpha value is -5.66. The first-order valence-electron chi connectivity index (χ1n) is 15.0. The maximum atomic E-state index is 13.6. The first-order valence-corrected chi connectivity index (χ1v) is 15.0. The van der Waals surface area contributed by atoms with E-state index in [4.69, 9.17) is 14.2 Å². The number of aliphatic hydroxyl groups is 1. The van der Waals surface area contributed by atoms with E-state index in [2.05, 4.69) is 0 Å². The van der Waals surface area contributed by atoms with Gasteiger partial charge >= 0.3 is 5.97 Å². The topological polar surface area (TPSA) is 87.0 Å². The Morgan fingerprint density at radius 2 is 1.15 bits per heavy atom. The third-order valence-corrected chi connectivity index (χ3v) is 7.62. The lowest BCUT2D eigenvalue weighted by Crippen LogP contribution is -2.21. The molecule has 0 saturated heterocycles. The van der Waals surface area contributed by atoms with E-state index in [1.807, 2.05) is 121 Å². The molecule has 1 heterocycles. The van der Waals surface area contributed by atoms with E-state index in [-0.39, 0.29) is 36.1 Å². The standard InChI is InChI=1S/C39H33NO6/c41-25-32-23-40(24-37(42)46-39(30-17-9-3-10-18-30)31-19-11-4-12-20-31)34-22-36(45-27-29-15-7-2-8-16-29)35(21-33(34)38(32)43)44-26-28-13-5-1-6-14-28/h1-23,39,41H,24-27H2. The third-order valence-electron chi connectivity index (χ3n) is 7.62. The van der Waals surface area contributed by atoms with Crippen molar-refractivity contribution < 1.29 is 24.1 Å². The molecule has 46 heavy (non-hydrogen) atoms. The van der Waals surface area contributed by atoms with Crippen LogP contribution in [0, 0.1) is 0 Å². The van der Waals surface area contributed by atoms with Gasteiger partial charge in [-0.3, -0.25) is 9.59 Å². The Balaban J connectivity index is 1.36. The second-order valence-electron chi connectivity index (χ2n) is 10.8. The smallest absolute Gasteiger partial charge is 0.326 e. The fourth-order valence-electron chi connectivity index (χ4n) is 5.29. The van der Waals surface area contributed by atoms with Crippen molar-refractivity contribution in [3.8, 4) is 11.5 Å². The van der Waals surface area contributed by atoms with Crippen molar-refractivity contribution in [2.75, 3.05) is 0 Å². The van der Waals surface area contributed by atoms with E-state index in [0.29, 0.717) is 17.0 Å². The zero-order valence-electron chi connectivity index (χ0n) is 25.1. The molecule has 0 amide bonds. The number of aromatic nitrogens is 1. The molecule has 0 fully saturated rings. The van der Waals surface area contributed by atoms with E-state index < -0.39 is 18.7 Å². The highest BCUT2D eigenvalue weighted by Gasteiger charge is 2.21. The number of esters is 1. The lowest BCUT2D eigenvalue weighted by atomic mass is 10.0. The van der Waals surface area contributed by atoms with Crippen LogP contribution in [0.15, 0.2) is 144 Å². The number of carbonyl (C=O) groups excluding carboxylic acids is 1. The molecule has 0 spiro atoms. The van der Waals surface area contributed by atoms with Crippen LogP contribution in [0.25, 0.3) is 10.9 Å². The van der Waals surface area contributed by atoms with Crippen molar-refractivity contribution in [3.05, 3.63) is 178 Å². The van der Waals surface area contributed by atoms with Crippen LogP contribution in [0.4, 0.5) is 0 Å². The van der Waals surface area contributed by atoms with Crippen LogP contribution in [0.2, 0.25) is 0 Å². The maximum absolute atomic E-state index is 13.6. The van der Waals surface area contributed by atoms with E-state index >= 15 is 0 Å². The maximum Gasteiger partial charge on any atom is 0.326 e. The van der Waals surface area contributed by atoms with Gasteiger partial charge in [0.25, 0.3) is 0 Å². The zero-order valence-corrected chi connectivity index (χ0v) is 25.1. The molecule has 0 unspecified atom stereocenters. The minimum absolute atomic E-state index is 0.148. The molecule has 0 saturated carbocycles. The molecule has 1 aromatic heterocycles. The lowest BCUT2D eigenvalue weighted by Gasteiger charge is -2.21. The highest BCUT2D eigenvalue weighted by molar-refractivity contribution is 5.85. The lowest BCUT2D eigenvalue weighted by molar-refractivity contribution is -0.148. The summed E-state index contributed by atoms with van der Waals surface area (Å²) >= 11 is 0. The molecule has 0 radical (unpaired) electrons. The molecule has 0 aliphatic rings. The highest BCUT2D eigenvalue weighted by Crippen LogP contribution is 2.34. The largest absolute Gasteiger partial charge is 0.485 e. The van der Waals surface area contributed by atoms with Crippen molar-refractivity contribution in [3.63, 3.8) is 0 Å². The number of hydrogen-bond acceptors (Lipinski definition) is 6. The van der Waals surface area contributed by atoms with Crippen LogP contribution in [-0.2, 0) is 35.9 Å². The van der Waals surface area contributed by atoms with Gasteiger partial charge in [-0.05, 0) is 28.3 Å². The number of fused-ring (bicyclic) bond motifs is 1. The number of pyridine rings is 1. The minimum atomic E-state index is -0.624. The summed E-state index contributed by atoms with van der Waals surface area (Å²) in [5.41, 5.74) is 3.82. The molecule has 6 aromatic rings. The summed E-state index contributed by atoms with van der Waals surface area (Å²) in [5, 5.41) is 10.4. The van der Waals surface area contributed by atoms with E-state index in [1.54, 1.807) is 16.7 Å². The SMILES string of the molecule is O=C(Cn1cc(CO)c(=O)c2cc(OCc3ccccc3)c(OCc3ccccc3)cc21)OC(c1ccccc1)c1ccccc1. The summed E-state index contributed by atoms with van der Waals surface area (Å²) in [4.78, 5) is 27.1. The van der Waals surface area contributed by atoms with Crippen molar-refractivity contribution in [1.29, 1.82) is 0 Å². The fourth-order valence-corrected chi connectivity index (χ4v) is 5.29. The number of nitrogens with zero attached hydrogens (tertiary/aromatic N) is 1. The van der Waals surface area contributed by atoms with Crippen LogP contribution < -0.4 is 14.9 Å². The predicted molar refractivity (Wildman–Crippen MR) is 176 cm³/mol. The normalized spacial score (nSPS) is 11.0. The summed E-state index contributed by atoms with van der Waals surface area (Å²) in [7, 11) is 0. The molecule has 0 bridgehead atoms. The summed E-state index contributed by atoms with van der Waals surface area (Å²) in [6, 6.07) is 41.8. The van der Waals surface area contributed by atoms with E-state index in [9.17, 15) is 14.7 Å². The molecule has 0 aliphatic heterocycles. The van der Waals surface area contributed by atoms with E-state index in [0.717, 1.165) is 22.3 Å². The van der Waals surface area contributed by atoms with Crippen LogP contribution in [0.3, 0.4) is 0 Å². The average Bonchev–Trinajstić information content (AvgIpc) is 3.11. The molecule has 5 aromatic carbocycles. The van der Waals surface area contributed by atoms with Gasteiger partial charge in [0.2, 0.25) is 0 Å². The summed E-state index contributed by atoms with van der Waals surface area (Å²) in [5.74, 6) is 0.279. The first-order chi connectivity index (χ1) is 22.6. The van der Waals surface area contributed by atoms with Crippen LogP contribution in [0.5, 0.6) is 11.5 Å². The number of aliphatic hydroxyl groups excluding tert-OH is 1. The first kappa shape index (κ1) is 30.4. The van der Waals surface area contributed by atoms with Gasteiger partial charge in [0, 0.05) is 23.2 Å². The molecule has 6 rings (SSSR count). The molecule has 7 heteroatoms. The average molecular weight is 612 g/mol. The second-order valence-corrected chi connectivity index (χ2v) is 10.8. The zero-order chi connectivity index (χ0) is 31.7. The molecule has 0 atom stereocenters. The van der Waals surface area contributed by atoms with Gasteiger partial charge in [0.1, 0.15) is 19.8 Å². The fraction of sp³-hybridized carbons (Fsp3) is 0.128. The van der Waals surface area contributed by atoms with Crippen molar-refractivity contribution >= 4 is 16.9 Å². The molecular weight excluding hydrogens is 578 g/mol. The molecular formula is C39H33NO6. The molecule has 0 aliphatic carbocycles. The summed E-state index contributed by atoms with van der Waals surface area (Å²) in [6.07, 6.45) is 0.873. The summed E-state index contributed by atoms with van der Waals surface area (Å²) in [6.45, 7) is -0.172. The van der Waals surface area contributed by atoms with Crippen LogP contribution in [0.1, 0.15) is 33.9 Å². The number of benzene rings is 5. The van der Waals surface area contributed by atoms with Gasteiger partial charge in [-0.15, -0.1) is 0 Å². The van der Waals surface area contributed by atoms with Crippen LogP contribution >= 0.6 is 0 Å². The van der Waals surface area contributed by atoms with Crippen molar-refractivity contribution in [1.82, 2.24) is 4.57 Å². The second kappa shape index (κ2) is 14.4. The minimum Gasteiger partial charge on any atom is -0.485 e. The van der Waals surface area contributed by atoms with Crippen LogP contribution in [-0.4, -0.2) is 15.6 Å². The van der Waals surface area contributed by atoms with Gasteiger partial charge in [-0.25, -0.2) is 0 Å². The Kier molecular flexibility index (Phi) is 9.52. The number of rotatable bonds is 12. The molecule has 7 nitrogen and oxygen atoms in total. The number of hydrogen-bond donors (Lipinski definition) is 1. The Morgan fingerprint density at radius 3 is 1.65 bits per heavy atom. The van der Waals surface area contributed by atoms with Gasteiger partial charge in [0.15, 0.2) is 23.0 Å². The van der Waals surface area contributed by atoms with Crippen molar-refractivity contribution in [2.24, 2.45) is 0 Å². The number of ether oxygens (including phenoxy) is 3. The van der Waals surface area contributed by atoms with Gasteiger partial charge in [-0.2, -0.15) is 0 Å². The van der Waals surface area contributed by atoms with Gasteiger partial charge < -0.3 is 23.9 Å². The third kappa shape index (κ3) is 7.17. The van der Waals surface area contributed by atoms with Gasteiger partial charge in [0.05, 0.1) is 12.1 Å². The van der Waals surface area contributed by atoms with E-state index in [1.165, 1.54) is 6.20 Å². The predicted octanol–water partition coefficient (Wildman–Crippen LogP) is 6.98. The quantitative estimate of drug-likeness (QED) is 0.150. The number of carbonyl (C=O) groups is 1. The Morgan fingerprint density at radius 1 is 0.674 bits per heavy atom. The Labute approximate surface area is 266 Å². The Bertz CT molecular complexity index is 1920. The van der Waals surface area contributed by atoms with Gasteiger partial charge in [-0.1, -0.05) is 121 Å².